The number of hydrogen-bond acceptors (Lipinski definition) is 3. The van der Waals surface area contributed by atoms with Gasteiger partial charge in [-0.05, 0) is 45.1 Å². The molecule has 1 heterocycles. The summed E-state index contributed by atoms with van der Waals surface area (Å²) in [7, 11) is 1.80. The maximum atomic E-state index is 12.1. The molecule has 1 aromatic rings. The molecular formula is C14H21N3O2. The molecule has 1 amide bonds. The van der Waals surface area contributed by atoms with E-state index in [1.807, 2.05) is 13.8 Å². The lowest BCUT2D eigenvalue weighted by Crippen LogP contribution is -2.35. The summed E-state index contributed by atoms with van der Waals surface area (Å²) in [6.07, 6.45) is 4.04. The van der Waals surface area contributed by atoms with E-state index in [4.69, 9.17) is 0 Å². The van der Waals surface area contributed by atoms with E-state index in [9.17, 15) is 9.59 Å². The Morgan fingerprint density at radius 2 is 1.95 bits per heavy atom. The molecule has 1 aromatic heterocycles. The van der Waals surface area contributed by atoms with Crippen molar-refractivity contribution in [3.8, 4) is 0 Å². The lowest BCUT2D eigenvalue weighted by atomic mass is 9.91. The number of H-pyrrole nitrogens is 1. The van der Waals surface area contributed by atoms with Crippen LogP contribution in [0.5, 0.6) is 0 Å². The van der Waals surface area contributed by atoms with Crippen LogP contribution in [0, 0.1) is 0 Å². The Morgan fingerprint density at radius 1 is 1.32 bits per heavy atom. The van der Waals surface area contributed by atoms with Crippen molar-refractivity contribution in [3.05, 3.63) is 27.2 Å². The van der Waals surface area contributed by atoms with Crippen LogP contribution in [0.15, 0.2) is 4.79 Å². The van der Waals surface area contributed by atoms with Gasteiger partial charge < -0.3 is 4.90 Å². The van der Waals surface area contributed by atoms with Gasteiger partial charge in [0.15, 0.2) is 0 Å². The largest absolute Gasteiger partial charge is 0.343 e. The molecule has 5 nitrogen and oxygen atoms in total. The quantitative estimate of drug-likeness (QED) is 0.886. The minimum Gasteiger partial charge on any atom is -0.343 e. The number of aromatic amines is 1. The number of carbonyl (C=O) groups is 1. The van der Waals surface area contributed by atoms with Crippen LogP contribution in [0.1, 0.15) is 43.5 Å². The number of rotatable bonds is 3. The molecule has 0 bridgehead atoms. The number of likely N-dealkylation sites (N-methyl/N-ethyl adjacent to an activating group) is 1. The Morgan fingerprint density at radius 3 is 2.58 bits per heavy atom. The van der Waals surface area contributed by atoms with E-state index in [1.54, 1.807) is 11.9 Å². The summed E-state index contributed by atoms with van der Waals surface area (Å²) in [6, 6.07) is 0.172. The fraction of sp³-hybridized carbons (Fsp3) is 0.643. The monoisotopic (exact) mass is 263 g/mol. The van der Waals surface area contributed by atoms with Crippen molar-refractivity contribution >= 4 is 5.91 Å². The first-order valence-electron chi connectivity index (χ1n) is 6.85. The highest BCUT2D eigenvalue weighted by Gasteiger charge is 2.21. The predicted molar refractivity (Wildman–Crippen MR) is 73.1 cm³/mol. The second-order valence-electron chi connectivity index (χ2n) is 5.44. The van der Waals surface area contributed by atoms with E-state index in [0.29, 0.717) is 0 Å². The molecule has 1 N–H and O–H groups in total. The predicted octanol–water partition coefficient (Wildman–Crippen LogP) is 1.06. The summed E-state index contributed by atoms with van der Waals surface area (Å²) in [5.41, 5.74) is 2.48. The van der Waals surface area contributed by atoms with E-state index >= 15 is 0 Å². The molecule has 0 aromatic carbocycles. The highest BCUT2D eigenvalue weighted by molar-refractivity contribution is 5.78. The molecular weight excluding hydrogens is 242 g/mol. The molecule has 1 aliphatic rings. The maximum Gasteiger partial charge on any atom is 0.267 e. The van der Waals surface area contributed by atoms with Crippen molar-refractivity contribution in [2.75, 3.05) is 7.05 Å². The highest BCUT2D eigenvalue weighted by atomic mass is 16.2. The normalized spacial score (nSPS) is 14.3. The zero-order valence-corrected chi connectivity index (χ0v) is 11.8. The van der Waals surface area contributed by atoms with Crippen LogP contribution in [0.4, 0.5) is 0 Å². The summed E-state index contributed by atoms with van der Waals surface area (Å²) in [5, 5.41) is 6.61. The van der Waals surface area contributed by atoms with Crippen molar-refractivity contribution < 1.29 is 4.79 Å². The van der Waals surface area contributed by atoms with Gasteiger partial charge in [-0.1, -0.05) is 0 Å². The van der Waals surface area contributed by atoms with Crippen LogP contribution in [-0.2, 0) is 24.1 Å². The van der Waals surface area contributed by atoms with Crippen LogP contribution >= 0.6 is 0 Å². The van der Waals surface area contributed by atoms with Crippen LogP contribution < -0.4 is 5.56 Å². The summed E-state index contributed by atoms with van der Waals surface area (Å²) in [4.78, 5) is 25.6. The number of aromatic nitrogens is 2. The molecule has 5 heteroatoms. The van der Waals surface area contributed by atoms with Crippen LogP contribution in [0.2, 0.25) is 0 Å². The first-order valence-corrected chi connectivity index (χ1v) is 6.85. The zero-order valence-electron chi connectivity index (χ0n) is 11.8. The molecule has 0 atom stereocenters. The molecule has 0 saturated carbocycles. The SMILES string of the molecule is CC(C)N(C)C(=O)Cc1n[nH]c(=O)c2c1CCCC2. The molecule has 0 fully saturated rings. The number of carbonyl (C=O) groups excluding carboxylic acids is 1. The standard InChI is InChI=1S/C14H21N3O2/c1-9(2)17(3)13(18)8-12-10-6-4-5-7-11(10)14(19)16-15-12/h9H,4-8H2,1-3H3,(H,16,19). The van der Waals surface area contributed by atoms with Gasteiger partial charge in [-0.2, -0.15) is 5.10 Å². The second-order valence-corrected chi connectivity index (χ2v) is 5.44. The van der Waals surface area contributed by atoms with E-state index in [2.05, 4.69) is 10.2 Å². The Bertz CT molecular complexity index is 534. The first-order chi connectivity index (χ1) is 9.00. The van der Waals surface area contributed by atoms with Gasteiger partial charge in [0.05, 0.1) is 12.1 Å². The van der Waals surface area contributed by atoms with Crippen molar-refractivity contribution in [2.45, 2.75) is 52.0 Å². The number of amides is 1. The minimum absolute atomic E-state index is 0.0438. The van der Waals surface area contributed by atoms with E-state index in [1.165, 1.54) is 0 Å². The average molecular weight is 263 g/mol. The lowest BCUT2D eigenvalue weighted by Gasteiger charge is -2.22. The Kier molecular flexibility index (Phi) is 4.02. The smallest absolute Gasteiger partial charge is 0.267 e. The van der Waals surface area contributed by atoms with Crippen molar-refractivity contribution in [3.63, 3.8) is 0 Å². The summed E-state index contributed by atoms with van der Waals surface area (Å²) in [6.45, 7) is 3.96. The Hall–Kier alpha value is -1.65. The molecule has 0 unspecified atom stereocenters. The zero-order chi connectivity index (χ0) is 14.0. The number of hydrogen-bond donors (Lipinski definition) is 1. The van der Waals surface area contributed by atoms with Crippen molar-refractivity contribution in [2.24, 2.45) is 0 Å². The van der Waals surface area contributed by atoms with E-state index < -0.39 is 0 Å². The Balaban J connectivity index is 2.26. The molecule has 0 aliphatic heterocycles. The van der Waals surface area contributed by atoms with Gasteiger partial charge in [-0.3, -0.25) is 9.59 Å². The van der Waals surface area contributed by atoms with Gasteiger partial charge in [0, 0.05) is 18.7 Å². The maximum absolute atomic E-state index is 12.1. The van der Waals surface area contributed by atoms with Gasteiger partial charge >= 0.3 is 0 Å². The number of fused-ring (bicyclic) bond motifs is 1. The third kappa shape index (κ3) is 2.85. The molecule has 19 heavy (non-hydrogen) atoms. The van der Waals surface area contributed by atoms with E-state index in [-0.39, 0.29) is 23.9 Å². The fourth-order valence-electron chi connectivity index (χ4n) is 2.43. The number of nitrogens with zero attached hydrogens (tertiary/aromatic N) is 2. The van der Waals surface area contributed by atoms with Gasteiger partial charge in [0.2, 0.25) is 5.91 Å². The molecule has 1 aliphatic carbocycles. The molecule has 2 rings (SSSR count). The van der Waals surface area contributed by atoms with Crippen LogP contribution in [-0.4, -0.2) is 34.1 Å². The van der Waals surface area contributed by atoms with Gasteiger partial charge in [-0.25, -0.2) is 5.10 Å². The summed E-state index contributed by atoms with van der Waals surface area (Å²) < 4.78 is 0. The third-order valence-corrected chi connectivity index (χ3v) is 3.87. The van der Waals surface area contributed by atoms with Crippen LogP contribution in [0.3, 0.4) is 0 Å². The van der Waals surface area contributed by atoms with Crippen LogP contribution in [0.25, 0.3) is 0 Å². The molecule has 0 saturated heterocycles. The van der Waals surface area contributed by atoms with Gasteiger partial charge in [-0.15, -0.1) is 0 Å². The second kappa shape index (κ2) is 5.55. The topological polar surface area (TPSA) is 66.1 Å². The van der Waals surface area contributed by atoms with Gasteiger partial charge in [0.25, 0.3) is 5.56 Å². The highest BCUT2D eigenvalue weighted by Crippen LogP contribution is 2.20. The molecule has 104 valence electrons. The summed E-state index contributed by atoms with van der Waals surface area (Å²) >= 11 is 0. The average Bonchev–Trinajstić information content (AvgIpc) is 2.41. The lowest BCUT2D eigenvalue weighted by molar-refractivity contribution is -0.130. The van der Waals surface area contributed by atoms with Crippen molar-refractivity contribution in [1.29, 1.82) is 0 Å². The first kappa shape index (κ1) is 13.8. The number of nitrogens with one attached hydrogen (secondary N) is 1. The van der Waals surface area contributed by atoms with Gasteiger partial charge in [0.1, 0.15) is 0 Å². The third-order valence-electron chi connectivity index (χ3n) is 3.87. The minimum atomic E-state index is -0.0943. The molecule has 0 radical (unpaired) electrons. The van der Waals surface area contributed by atoms with E-state index in [0.717, 1.165) is 42.5 Å². The summed E-state index contributed by atoms with van der Waals surface area (Å²) in [5.74, 6) is 0.0438. The fourth-order valence-corrected chi connectivity index (χ4v) is 2.43. The Labute approximate surface area is 113 Å². The molecule has 0 spiro atoms. The van der Waals surface area contributed by atoms with Crippen molar-refractivity contribution in [1.82, 2.24) is 15.1 Å².